The molecule has 4 rings (SSSR count). The van der Waals surface area contributed by atoms with Gasteiger partial charge in [0.15, 0.2) is 17.2 Å². The summed E-state index contributed by atoms with van der Waals surface area (Å²) in [5, 5.41) is 0.463. The second-order valence-corrected chi connectivity index (χ2v) is 9.95. The summed E-state index contributed by atoms with van der Waals surface area (Å²) in [6.45, 7) is 4.82. The predicted molar refractivity (Wildman–Crippen MR) is 146 cm³/mol. The number of carbonyl (C=O) groups excluding carboxylic acids is 1. The first-order valence-electron chi connectivity index (χ1n) is 10.5. The standard InChI is InChI=1S/C26H20BrClINO4/c1-3-32-23-12-16(10-20(27)24(23)33-14-17-7-5-4-6-15(17)2)11-22-26(31)34-25(30-22)19-13-18(29)8-9-21(19)28/h4-13H,3,14H2,1-2H3/b22-11-. The Morgan fingerprint density at radius 3 is 2.71 bits per heavy atom. The number of aliphatic imine (C=N–C) groups is 1. The summed E-state index contributed by atoms with van der Waals surface area (Å²) < 4.78 is 19.0. The summed E-state index contributed by atoms with van der Waals surface area (Å²) in [6, 6.07) is 17.2. The Labute approximate surface area is 225 Å². The smallest absolute Gasteiger partial charge is 0.363 e. The molecule has 0 spiro atoms. The van der Waals surface area contributed by atoms with E-state index in [1.165, 1.54) is 0 Å². The van der Waals surface area contributed by atoms with Gasteiger partial charge in [0.05, 0.1) is 21.7 Å². The summed E-state index contributed by atoms with van der Waals surface area (Å²) in [4.78, 5) is 16.9. The molecule has 0 atom stereocenters. The van der Waals surface area contributed by atoms with E-state index in [1.54, 1.807) is 12.1 Å². The number of ether oxygens (including phenoxy) is 3. The van der Waals surface area contributed by atoms with Crippen molar-refractivity contribution in [2.75, 3.05) is 6.61 Å². The molecule has 0 aliphatic carbocycles. The van der Waals surface area contributed by atoms with Crippen molar-refractivity contribution in [3.8, 4) is 11.5 Å². The topological polar surface area (TPSA) is 57.1 Å². The fourth-order valence-corrected chi connectivity index (χ4v) is 4.60. The van der Waals surface area contributed by atoms with Gasteiger partial charge < -0.3 is 14.2 Å². The third kappa shape index (κ3) is 5.64. The molecule has 0 radical (unpaired) electrons. The molecule has 0 unspecified atom stereocenters. The van der Waals surface area contributed by atoms with Gasteiger partial charge in [0.2, 0.25) is 5.90 Å². The van der Waals surface area contributed by atoms with E-state index >= 15 is 0 Å². The Morgan fingerprint density at radius 1 is 1.15 bits per heavy atom. The van der Waals surface area contributed by atoms with Gasteiger partial charge in [-0.15, -0.1) is 0 Å². The zero-order chi connectivity index (χ0) is 24.2. The molecule has 34 heavy (non-hydrogen) atoms. The highest BCUT2D eigenvalue weighted by atomic mass is 127. The number of benzene rings is 3. The van der Waals surface area contributed by atoms with E-state index < -0.39 is 5.97 Å². The van der Waals surface area contributed by atoms with Crippen LogP contribution in [0.3, 0.4) is 0 Å². The zero-order valence-electron chi connectivity index (χ0n) is 18.4. The quantitative estimate of drug-likeness (QED) is 0.152. The number of nitrogens with zero attached hydrogens (tertiary/aromatic N) is 1. The average molecular weight is 653 g/mol. The molecule has 3 aromatic rings. The third-order valence-corrected chi connectivity index (χ3v) is 6.64. The fraction of sp³-hybridized carbons (Fsp3) is 0.154. The van der Waals surface area contributed by atoms with Gasteiger partial charge in [-0.05, 0) is 105 Å². The second kappa shape index (κ2) is 10.9. The molecule has 0 fully saturated rings. The van der Waals surface area contributed by atoms with Crippen LogP contribution >= 0.6 is 50.1 Å². The summed E-state index contributed by atoms with van der Waals surface area (Å²) in [6.07, 6.45) is 1.65. The van der Waals surface area contributed by atoms with Crippen molar-refractivity contribution in [2.24, 2.45) is 4.99 Å². The van der Waals surface area contributed by atoms with Crippen molar-refractivity contribution >= 4 is 68.1 Å². The van der Waals surface area contributed by atoms with E-state index in [9.17, 15) is 4.79 Å². The van der Waals surface area contributed by atoms with Crippen LogP contribution in [0.4, 0.5) is 0 Å². The minimum Gasteiger partial charge on any atom is -0.490 e. The maximum Gasteiger partial charge on any atom is 0.363 e. The van der Waals surface area contributed by atoms with Crippen LogP contribution in [0.5, 0.6) is 11.5 Å². The predicted octanol–water partition coefficient (Wildman–Crippen LogP) is 7.34. The van der Waals surface area contributed by atoms with Crippen LogP contribution in [0.1, 0.15) is 29.2 Å². The fourth-order valence-electron chi connectivity index (χ4n) is 3.34. The molecule has 0 bridgehead atoms. The summed E-state index contributed by atoms with van der Waals surface area (Å²) >= 11 is 12.0. The average Bonchev–Trinajstić information content (AvgIpc) is 3.16. The Morgan fingerprint density at radius 2 is 1.94 bits per heavy atom. The molecule has 1 aliphatic heterocycles. The Balaban J connectivity index is 1.64. The van der Waals surface area contributed by atoms with Gasteiger partial charge >= 0.3 is 5.97 Å². The zero-order valence-corrected chi connectivity index (χ0v) is 22.9. The van der Waals surface area contributed by atoms with Gasteiger partial charge in [-0.1, -0.05) is 35.9 Å². The highest BCUT2D eigenvalue weighted by Crippen LogP contribution is 2.38. The lowest BCUT2D eigenvalue weighted by molar-refractivity contribution is -0.129. The van der Waals surface area contributed by atoms with Crippen LogP contribution in [0, 0.1) is 10.5 Å². The van der Waals surface area contributed by atoms with Crippen LogP contribution in [-0.2, 0) is 16.1 Å². The number of hydrogen-bond donors (Lipinski definition) is 0. The Hall–Kier alpha value is -2.36. The normalized spacial score (nSPS) is 14.2. The van der Waals surface area contributed by atoms with Crippen LogP contribution in [0.2, 0.25) is 5.02 Å². The Kier molecular flexibility index (Phi) is 7.95. The van der Waals surface area contributed by atoms with Crippen LogP contribution in [0.25, 0.3) is 6.08 Å². The van der Waals surface area contributed by atoms with E-state index in [-0.39, 0.29) is 11.6 Å². The number of cyclic esters (lactones) is 1. The van der Waals surface area contributed by atoms with Crippen LogP contribution in [-0.4, -0.2) is 18.5 Å². The molecule has 8 heteroatoms. The third-order valence-electron chi connectivity index (χ3n) is 5.05. The molecule has 174 valence electrons. The van der Waals surface area contributed by atoms with Crippen molar-refractivity contribution in [1.29, 1.82) is 0 Å². The largest absolute Gasteiger partial charge is 0.490 e. The van der Waals surface area contributed by atoms with Crippen molar-refractivity contribution in [2.45, 2.75) is 20.5 Å². The molecular formula is C26H20BrClINO4. The van der Waals surface area contributed by atoms with Gasteiger partial charge in [0.1, 0.15) is 6.61 Å². The highest BCUT2D eigenvalue weighted by Gasteiger charge is 2.26. The molecule has 0 amide bonds. The van der Waals surface area contributed by atoms with E-state index in [4.69, 9.17) is 25.8 Å². The maximum absolute atomic E-state index is 12.5. The second-order valence-electron chi connectivity index (χ2n) is 7.44. The van der Waals surface area contributed by atoms with Gasteiger partial charge in [-0.2, -0.15) is 0 Å². The van der Waals surface area contributed by atoms with Gasteiger partial charge in [0.25, 0.3) is 0 Å². The number of carbonyl (C=O) groups is 1. The molecule has 5 nitrogen and oxygen atoms in total. The minimum absolute atomic E-state index is 0.174. The lowest BCUT2D eigenvalue weighted by Crippen LogP contribution is -2.06. The molecule has 0 aromatic heterocycles. The number of rotatable bonds is 7. The molecule has 0 saturated carbocycles. The Bertz CT molecular complexity index is 1320. The SMILES string of the molecule is CCOc1cc(/C=C2\N=C(c3cc(I)ccc3Cl)OC2=O)cc(Br)c1OCc1ccccc1C. The monoisotopic (exact) mass is 651 g/mol. The van der Waals surface area contributed by atoms with Gasteiger partial charge in [0, 0.05) is 3.57 Å². The van der Waals surface area contributed by atoms with Crippen LogP contribution in [0.15, 0.2) is 69.8 Å². The first-order chi connectivity index (χ1) is 16.4. The van der Waals surface area contributed by atoms with E-state index in [0.29, 0.717) is 45.3 Å². The summed E-state index contributed by atoms with van der Waals surface area (Å²) in [5.74, 6) is 0.797. The molecule has 0 N–H and O–H groups in total. The lowest BCUT2D eigenvalue weighted by atomic mass is 10.1. The highest BCUT2D eigenvalue weighted by molar-refractivity contribution is 14.1. The molecule has 0 saturated heterocycles. The minimum atomic E-state index is -0.543. The van der Waals surface area contributed by atoms with Gasteiger partial charge in [-0.3, -0.25) is 0 Å². The van der Waals surface area contributed by atoms with Crippen molar-refractivity contribution in [3.05, 3.63) is 95.6 Å². The van der Waals surface area contributed by atoms with Crippen molar-refractivity contribution < 1.29 is 19.0 Å². The number of hydrogen-bond acceptors (Lipinski definition) is 5. The van der Waals surface area contributed by atoms with E-state index in [1.807, 2.05) is 62.4 Å². The molecule has 1 aliphatic rings. The number of esters is 1. The first kappa shape index (κ1) is 24.8. The van der Waals surface area contributed by atoms with E-state index in [0.717, 1.165) is 14.7 Å². The number of aryl methyl sites for hydroxylation is 1. The molecule has 3 aromatic carbocycles. The van der Waals surface area contributed by atoms with E-state index in [2.05, 4.69) is 43.5 Å². The lowest BCUT2D eigenvalue weighted by Gasteiger charge is -2.15. The van der Waals surface area contributed by atoms with Gasteiger partial charge in [-0.25, -0.2) is 9.79 Å². The number of halogens is 3. The molecular weight excluding hydrogens is 633 g/mol. The molecule has 1 heterocycles. The summed E-state index contributed by atoms with van der Waals surface area (Å²) in [7, 11) is 0. The maximum atomic E-state index is 12.5. The van der Waals surface area contributed by atoms with Crippen molar-refractivity contribution in [3.63, 3.8) is 0 Å². The van der Waals surface area contributed by atoms with Crippen molar-refractivity contribution in [1.82, 2.24) is 0 Å². The summed E-state index contributed by atoms with van der Waals surface area (Å²) in [5.41, 5.74) is 3.70. The first-order valence-corrected chi connectivity index (χ1v) is 12.7. The van der Waals surface area contributed by atoms with Crippen LogP contribution < -0.4 is 9.47 Å².